The molecule has 0 spiro atoms. The van der Waals surface area contributed by atoms with Crippen molar-refractivity contribution in [3.8, 4) is 0 Å². The fourth-order valence-corrected chi connectivity index (χ4v) is 4.24. The summed E-state index contributed by atoms with van der Waals surface area (Å²) in [4.78, 5) is 31.5. The number of aromatic nitrogens is 1. The number of amides is 2. The normalized spacial score (nSPS) is 10.9. The predicted octanol–water partition coefficient (Wildman–Crippen LogP) is 5.06. The summed E-state index contributed by atoms with van der Waals surface area (Å²) >= 11 is 1.60. The van der Waals surface area contributed by atoms with E-state index in [0.29, 0.717) is 18.7 Å². The van der Waals surface area contributed by atoms with Crippen molar-refractivity contribution in [3.05, 3.63) is 104 Å². The lowest BCUT2D eigenvalue weighted by atomic mass is 10.1. The molecule has 2 amide bonds. The largest absolute Gasteiger partial charge is 0.334 e. The van der Waals surface area contributed by atoms with E-state index in [4.69, 9.17) is 0 Å². The highest BCUT2D eigenvalue weighted by molar-refractivity contribution is 7.09. The van der Waals surface area contributed by atoms with E-state index in [2.05, 4.69) is 23.3 Å². The third-order valence-corrected chi connectivity index (χ3v) is 6.12. The van der Waals surface area contributed by atoms with Crippen LogP contribution in [0.2, 0.25) is 0 Å². The first-order chi connectivity index (χ1) is 15.1. The van der Waals surface area contributed by atoms with Crippen LogP contribution in [-0.2, 0) is 26.1 Å². The van der Waals surface area contributed by atoms with Gasteiger partial charge in [0.25, 0.3) is 5.56 Å². The van der Waals surface area contributed by atoms with Gasteiger partial charge in [0, 0.05) is 22.5 Å². The molecule has 4 rings (SSSR count). The summed E-state index contributed by atoms with van der Waals surface area (Å²) in [5.74, 6) is 0. The molecule has 31 heavy (non-hydrogen) atoms. The molecule has 2 aromatic heterocycles. The maximum Gasteiger partial charge on any atom is 0.318 e. The number of H-pyrrole nitrogens is 1. The molecule has 6 heteroatoms. The molecule has 0 aliphatic carbocycles. The van der Waals surface area contributed by atoms with Crippen LogP contribution in [-0.4, -0.2) is 15.9 Å². The number of aromatic amines is 1. The van der Waals surface area contributed by atoms with Crippen molar-refractivity contribution in [1.82, 2.24) is 15.2 Å². The van der Waals surface area contributed by atoms with E-state index in [1.54, 1.807) is 16.2 Å². The van der Waals surface area contributed by atoms with Gasteiger partial charge in [-0.15, -0.1) is 11.3 Å². The highest BCUT2D eigenvalue weighted by atomic mass is 32.1. The van der Waals surface area contributed by atoms with Gasteiger partial charge in [0.1, 0.15) is 0 Å². The number of aryl methyl sites for hydroxylation is 1. The lowest BCUT2D eigenvalue weighted by Gasteiger charge is -2.22. The minimum absolute atomic E-state index is 0.163. The minimum Gasteiger partial charge on any atom is -0.334 e. The third kappa shape index (κ3) is 5.22. The summed E-state index contributed by atoms with van der Waals surface area (Å²) < 4.78 is 0. The molecule has 0 unspecified atom stereocenters. The Balaban J connectivity index is 1.58. The van der Waals surface area contributed by atoms with E-state index in [1.165, 1.54) is 5.56 Å². The smallest absolute Gasteiger partial charge is 0.318 e. The van der Waals surface area contributed by atoms with Crippen LogP contribution in [0.15, 0.2) is 76.9 Å². The summed E-state index contributed by atoms with van der Waals surface area (Å²) in [5.41, 5.74) is 3.46. The van der Waals surface area contributed by atoms with Crippen molar-refractivity contribution in [2.75, 3.05) is 0 Å². The van der Waals surface area contributed by atoms with Crippen LogP contribution in [0.3, 0.4) is 0 Å². The molecule has 0 saturated carbocycles. The van der Waals surface area contributed by atoms with Crippen LogP contribution in [0.1, 0.15) is 28.5 Å². The zero-order valence-electron chi connectivity index (χ0n) is 17.4. The van der Waals surface area contributed by atoms with Gasteiger partial charge >= 0.3 is 6.03 Å². The van der Waals surface area contributed by atoms with Crippen molar-refractivity contribution >= 4 is 28.3 Å². The Hall–Kier alpha value is -3.38. The minimum atomic E-state index is -0.195. The van der Waals surface area contributed by atoms with Crippen molar-refractivity contribution in [1.29, 1.82) is 0 Å². The Morgan fingerprint density at radius 1 is 1.00 bits per heavy atom. The number of pyridine rings is 1. The Labute approximate surface area is 185 Å². The highest BCUT2D eigenvalue weighted by Crippen LogP contribution is 2.17. The van der Waals surface area contributed by atoms with Crippen LogP contribution in [0.5, 0.6) is 0 Å². The Kier molecular flexibility index (Phi) is 6.48. The average Bonchev–Trinajstić information content (AvgIpc) is 3.31. The second-order valence-electron chi connectivity index (χ2n) is 7.48. The number of benzene rings is 2. The van der Waals surface area contributed by atoms with Crippen LogP contribution in [0, 0.1) is 0 Å². The fraction of sp³-hybridized carbons (Fsp3) is 0.200. The number of fused-ring (bicyclic) bond motifs is 1. The predicted molar refractivity (Wildman–Crippen MR) is 126 cm³/mol. The number of nitrogens with zero attached hydrogens (tertiary/aromatic N) is 1. The number of rotatable bonds is 7. The Bertz CT molecular complexity index is 1220. The second-order valence-corrected chi connectivity index (χ2v) is 8.51. The number of carbonyl (C=O) groups excluding carboxylic acids is 1. The summed E-state index contributed by atoms with van der Waals surface area (Å²) in [7, 11) is 0. The first-order valence-electron chi connectivity index (χ1n) is 10.4. The van der Waals surface area contributed by atoms with E-state index < -0.39 is 0 Å². The maximum absolute atomic E-state index is 13.0. The SMILES string of the molecule is CCc1ccc2[nH]c(=O)c(CN(Cc3cccs3)C(=O)NCc3ccccc3)cc2c1. The highest BCUT2D eigenvalue weighted by Gasteiger charge is 2.17. The number of thiophene rings is 1. The van der Waals surface area contributed by atoms with Gasteiger partial charge in [0.05, 0.1) is 13.1 Å². The second kappa shape index (κ2) is 9.62. The van der Waals surface area contributed by atoms with Crippen LogP contribution in [0.4, 0.5) is 4.79 Å². The van der Waals surface area contributed by atoms with Gasteiger partial charge in [-0.1, -0.05) is 49.4 Å². The lowest BCUT2D eigenvalue weighted by molar-refractivity contribution is 0.192. The summed E-state index contributed by atoms with van der Waals surface area (Å²) in [6.07, 6.45) is 0.927. The molecular weight excluding hydrogens is 406 g/mol. The van der Waals surface area contributed by atoms with Crippen LogP contribution >= 0.6 is 11.3 Å². The van der Waals surface area contributed by atoms with Gasteiger partial charge in [-0.3, -0.25) is 4.79 Å². The van der Waals surface area contributed by atoms with Gasteiger partial charge in [-0.05, 0) is 52.6 Å². The van der Waals surface area contributed by atoms with E-state index in [1.807, 2.05) is 66.0 Å². The molecule has 0 atom stereocenters. The summed E-state index contributed by atoms with van der Waals surface area (Å²) in [5, 5.41) is 5.96. The van der Waals surface area contributed by atoms with Crippen molar-refractivity contribution in [2.24, 2.45) is 0 Å². The molecule has 2 heterocycles. The molecule has 0 fully saturated rings. The maximum atomic E-state index is 13.0. The molecule has 158 valence electrons. The number of hydrogen-bond donors (Lipinski definition) is 2. The van der Waals surface area contributed by atoms with Gasteiger partial charge < -0.3 is 15.2 Å². The molecule has 0 aliphatic heterocycles. The van der Waals surface area contributed by atoms with Crippen LogP contribution in [0.25, 0.3) is 10.9 Å². The topological polar surface area (TPSA) is 65.2 Å². The van der Waals surface area contributed by atoms with Crippen LogP contribution < -0.4 is 10.9 Å². The monoisotopic (exact) mass is 431 g/mol. The van der Waals surface area contributed by atoms with E-state index in [9.17, 15) is 9.59 Å². The first kappa shape index (κ1) is 20.9. The van der Waals surface area contributed by atoms with E-state index in [-0.39, 0.29) is 18.1 Å². The van der Waals surface area contributed by atoms with Crippen molar-refractivity contribution in [2.45, 2.75) is 33.0 Å². The molecule has 5 nitrogen and oxygen atoms in total. The first-order valence-corrected chi connectivity index (χ1v) is 11.2. The third-order valence-electron chi connectivity index (χ3n) is 5.26. The van der Waals surface area contributed by atoms with Gasteiger partial charge in [-0.25, -0.2) is 4.79 Å². The number of hydrogen-bond acceptors (Lipinski definition) is 3. The molecule has 2 aromatic carbocycles. The quantitative estimate of drug-likeness (QED) is 0.429. The fourth-order valence-electron chi connectivity index (χ4n) is 3.52. The standard InChI is InChI=1S/C25H25N3O2S/c1-2-18-10-11-23-20(13-18)14-21(24(29)27-23)16-28(17-22-9-6-12-31-22)25(30)26-15-19-7-4-3-5-8-19/h3-14H,2,15-17H2,1H3,(H,26,30)(H,27,29). The summed E-state index contributed by atoms with van der Waals surface area (Å²) in [6.45, 7) is 3.23. The zero-order valence-corrected chi connectivity index (χ0v) is 18.2. The number of urea groups is 1. The zero-order chi connectivity index (χ0) is 21.6. The Morgan fingerprint density at radius 2 is 1.84 bits per heavy atom. The van der Waals surface area contributed by atoms with Crippen molar-refractivity contribution < 1.29 is 4.79 Å². The van der Waals surface area contributed by atoms with E-state index in [0.717, 1.165) is 27.8 Å². The molecule has 0 aliphatic rings. The van der Waals surface area contributed by atoms with E-state index >= 15 is 0 Å². The molecule has 2 N–H and O–H groups in total. The lowest BCUT2D eigenvalue weighted by Crippen LogP contribution is -2.39. The molecule has 4 aromatic rings. The number of nitrogens with one attached hydrogen (secondary N) is 2. The molecular formula is C25H25N3O2S. The van der Waals surface area contributed by atoms with Crippen molar-refractivity contribution in [3.63, 3.8) is 0 Å². The molecule has 0 radical (unpaired) electrons. The number of carbonyl (C=O) groups is 1. The van der Waals surface area contributed by atoms with Gasteiger partial charge in [0.15, 0.2) is 0 Å². The average molecular weight is 432 g/mol. The Morgan fingerprint density at radius 3 is 2.58 bits per heavy atom. The van der Waals surface area contributed by atoms with Gasteiger partial charge in [-0.2, -0.15) is 0 Å². The summed E-state index contributed by atoms with van der Waals surface area (Å²) in [6, 6.07) is 21.5. The molecule has 0 bridgehead atoms. The van der Waals surface area contributed by atoms with Gasteiger partial charge in [0.2, 0.25) is 0 Å². The molecule has 0 saturated heterocycles.